The normalized spacial score (nSPS) is 14.3. The van der Waals surface area contributed by atoms with E-state index in [9.17, 15) is 4.79 Å². The van der Waals surface area contributed by atoms with Crippen LogP contribution in [0.2, 0.25) is 0 Å². The van der Waals surface area contributed by atoms with E-state index in [1.165, 1.54) is 11.3 Å². The van der Waals surface area contributed by atoms with Gasteiger partial charge in [0.15, 0.2) is 5.82 Å². The highest BCUT2D eigenvalue weighted by atomic mass is 32.1. The van der Waals surface area contributed by atoms with Crippen LogP contribution in [0.15, 0.2) is 54.9 Å². The third-order valence-electron chi connectivity index (χ3n) is 5.38. The second kappa shape index (κ2) is 9.49. The van der Waals surface area contributed by atoms with Gasteiger partial charge in [0.1, 0.15) is 17.1 Å². The number of primary amides is 1. The molecule has 4 aromatic rings. The number of nitrogens with zero attached hydrogens (tertiary/aromatic N) is 4. The van der Waals surface area contributed by atoms with E-state index in [2.05, 4.69) is 25.4 Å². The number of hydrogen-bond donors (Lipinski definition) is 3. The zero-order valence-electron chi connectivity index (χ0n) is 17.8. The minimum Gasteiger partial charge on any atom is -0.379 e. The second-order valence-electron chi connectivity index (χ2n) is 7.65. The quantitative estimate of drug-likeness (QED) is 0.386. The van der Waals surface area contributed by atoms with Gasteiger partial charge in [-0.1, -0.05) is 30.3 Å². The van der Waals surface area contributed by atoms with Crippen molar-refractivity contribution in [2.75, 3.05) is 31.6 Å². The van der Waals surface area contributed by atoms with Gasteiger partial charge in [0.25, 0.3) is 5.91 Å². The lowest BCUT2D eigenvalue weighted by Gasteiger charge is -2.26. The first-order valence-electron chi connectivity index (χ1n) is 10.6. The minimum atomic E-state index is -0.484. The van der Waals surface area contributed by atoms with Crippen LogP contribution in [0.1, 0.15) is 16.1 Å². The van der Waals surface area contributed by atoms with Gasteiger partial charge in [-0.05, 0) is 23.8 Å². The molecule has 10 heteroatoms. The van der Waals surface area contributed by atoms with E-state index < -0.39 is 5.91 Å². The number of thiophene rings is 1. The Morgan fingerprint density at radius 2 is 1.94 bits per heavy atom. The molecule has 0 aliphatic carbocycles. The molecule has 1 aliphatic rings. The molecule has 0 spiro atoms. The Balaban J connectivity index is 1.36. The fourth-order valence-electron chi connectivity index (χ4n) is 3.68. The molecule has 3 aromatic heterocycles. The van der Waals surface area contributed by atoms with Crippen molar-refractivity contribution in [2.45, 2.75) is 6.54 Å². The SMILES string of the molecule is NC(=O)c1cc(-c2ccc(-c3nc[nH]n3)cc2)sc1Nc1cccc(CN2CCOCC2)n1. The molecule has 0 unspecified atom stereocenters. The molecule has 4 heterocycles. The Kier molecular flexibility index (Phi) is 6.11. The van der Waals surface area contributed by atoms with E-state index in [-0.39, 0.29) is 0 Å². The van der Waals surface area contributed by atoms with Crippen LogP contribution >= 0.6 is 11.3 Å². The van der Waals surface area contributed by atoms with Crippen molar-refractivity contribution in [3.05, 3.63) is 66.1 Å². The summed E-state index contributed by atoms with van der Waals surface area (Å²) in [5.41, 5.74) is 8.95. The Labute approximate surface area is 194 Å². The predicted molar refractivity (Wildman–Crippen MR) is 127 cm³/mol. The number of nitrogens with two attached hydrogens (primary N) is 1. The standard InChI is InChI=1S/C23H23N7O2S/c24-21(31)18-12-19(15-4-6-16(7-5-15)22-25-14-26-29-22)33-23(18)28-20-3-1-2-17(27-20)13-30-8-10-32-11-9-30/h1-7,12,14H,8-11,13H2,(H2,24,31)(H,27,28)(H,25,26,29). The highest BCUT2D eigenvalue weighted by Crippen LogP contribution is 2.37. The number of carbonyl (C=O) groups is 1. The highest BCUT2D eigenvalue weighted by molar-refractivity contribution is 7.19. The van der Waals surface area contributed by atoms with Crippen molar-refractivity contribution in [1.29, 1.82) is 0 Å². The summed E-state index contributed by atoms with van der Waals surface area (Å²) in [6.07, 6.45) is 1.55. The molecule has 1 aliphatic heterocycles. The third kappa shape index (κ3) is 4.92. The maximum absolute atomic E-state index is 12.1. The molecule has 0 atom stereocenters. The zero-order chi connectivity index (χ0) is 22.6. The molecule has 4 N–H and O–H groups in total. The van der Waals surface area contributed by atoms with Gasteiger partial charge >= 0.3 is 0 Å². The van der Waals surface area contributed by atoms with Crippen molar-refractivity contribution < 1.29 is 9.53 Å². The van der Waals surface area contributed by atoms with Crippen molar-refractivity contribution in [3.63, 3.8) is 0 Å². The molecule has 5 rings (SSSR count). The molecule has 1 saturated heterocycles. The first-order valence-corrected chi connectivity index (χ1v) is 11.4. The van der Waals surface area contributed by atoms with Gasteiger partial charge in [-0.3, -0.25) is 14.8 Å². The fourth-order valence-corrected chi connectivity index (χ4v) is 4.76. The number of rotatable bonds is 7. The third-order valence-corrected chi connectivity index (χ3v) is 6.48. The van der Waals surface area contributed by atoms with Crippen molar-refractivity contribution in [1.82, 2.24) is 25.1 Å². The molecule has 9 nitrogen and oxygen atoms in total. The molecule has 1 amide bonds. The largest absolute Gasteiger partial charge is 0.379 e. The lowest BCUT2D eigenvalue weighted by molar-refractivity contribution is 0.0337. The first-order chi connectivity index (χ1) is 16.2. The number of aromatic amines is 1. The molecule has 0 saturated carbocycles. The number of H-pyrrole nitrogens is 1. The number of pyridine rings is 1. The Bertz CT molecular complexity index is 1230. The van der Waals surface area contributed by atoms with E-state index in [1.807, 2.05) is 48.5 Å². The zero-order valence-corrected chi connectivity index (χ0v) is 18.6. The average molecular weight is 462 g/mol. The van der Waals surface area contributed by atoms with E-state index in [1.54, 1.807) is 6.33 Å². The number of amides is 1. The summed E-state index contributed by atoms with van der Waals surface area (Å²) >= 11 is 1.46. The van der Waals surface area contributed by atoms with Crippen molar-refractivity contribution in [2.24, 2.45) is 5.73 Å². The highest BCUT2D eigenvalue weighted by Gasteiger charge is 2.17. The van der Waals surface area contributed by atoms with Gasteiger partial charge in [-0.2, -0.15) is 5.10 Å². The van der Waals surface area contributed by atoms with Crippen LogP contribution in [0.25, 0.3) is 21.8 Å². The molecule has 168 valence electrons. The number of hydrogen-bond acceptors (Lipinski definition) is 8. The fraction of sp³-hybridized carbons (Fsp3) is 0.217. The summed E-state index contributed by atoms with van der Waals surface area (Å²) in [6.45, 7) is 4.05. The molecule has 0 bridgehead atoms. The summed E-state index contributed by atoms with van der Waals surface area (Å²) in [7, 11) is 0. The molecule has 33 heavy (non-hydrogen) atoms. The maximum Gasteiger partial charge on any atom is 0.251 e. The number of ether oxygens (including phenoxy) is 1. The number of morpholine rings is 1. The van der Waals surface area contributed by atoms with Gasteiger partial charge in [0.05, 0.1) is 24.5 Å². The molecule has 1 aromatic carbocycles. The summed E-state index contributed by atoms with van der Waals surface area (Å²) < 4.78 is 5.42. The monoisotopic (exact) mass is 461 g/mol. The predicted octanol–water partition coefficient (Wildman–Crippen LogP) is 3.27. The van der Waals surface area contributed by atoms with Gasteiger partial charge in [-0.15, -0.1) is 11.3 Å². The Hall–Kier alpha value is -3.60. The van der Waals surface area contributed by atoms with Gasteiger partial charge in [0, 0.05) is 30.1 Å². The van der Waals surface area contributed by atoms with E-state index >= 15 is 0 Å². The molecule has 1 fully saturated rings. The summed E-state index contributed by atoms with van der Waals surface area (Å²) in [6, 6.07) is 15.5. The lowest BCUT2D eigenvalue weighted by atomic mass is 10.1. The second-order valence-corrected chi connectivity index (χ2v) is 8.70. The summed E-state index contributed by atoms with van der Waals surface area (Å²) in [5, 5.41) is 10.8. The molecular formula is C23H23N7O2S. The topological polar surface area (TPSA) is 122 Å². The summed E-state index contributed by atoms with van der Waals surface area (Å²) in [4.78, 5) is 24.3. The number of nitrogens with one attached hydrogen (secondary N) is 2. The average Bonchev–Trinajstić information content (AvgIpc) is 3.51. The number of benzene rings is 1. The van der Waals surface area contributed by atoms with Crippen LogP contribution in [-0.4, -0.2) is 57.3 Å². The number of anilines is 2. The van der Waals surface area contributed by atoms with Crippen LogP contribution in [0.3, 0.4) is 0 Å². The van der Waals surface area contributed by atoms with Crippen LogP contribution in [0.5, 0.6) is 0 Å². The minimum absolute atomic E-state index is 0.438. The Morgan fingerprint density at radius 1 is 1.15 bits per heavy atom. The molecule has 0 radical (unpaired) electrons. The van der Waals surface area contributed by atoms with Crippen molar-refractivity contribution in [3.8, 4) is 21.8 Å². The number of carbonyl (C=O) groups excluding carboxylic acids is 1. The van der Waals surface area contributed by atoms with Gasteiger partial charge in [0.2, 0.25) is 0 Å². The van der Waals surface area contributed by atoms with Crippen LogP contribution in [0, 0.1) is 0 Å². The van der Waals surface area contributed by atoms with Crippen LogP contribution in [0.4, 0.5) is 10.8 Å². The van der Waals surface area contributed by atoms with E-state index in [4.69, 9.17) is 15.5 Å². The Morgan fingerprint density at radius 3 is 2.67 bits per heavy atom. The summed E-state index contributed by atoms with van der Waals surface area (Å²) in [5.74, 6) is 0.828. The smallest absolute Gasteiger partial charge is 0.251 e. The van der Waals surface area contributed by atoms with Crippen LogP contribution in [-0.2, 0) is 11.3 Å². The number of aromatic nitrogens is 4. The van der Waals surface area contributed by atoms with Gasteiger partial charge in [-0.25, -0.2) is 9.97 Å². The first kappa shape index (κ1) is 21.3. The maximum atomic E-state index is 12.1. The van der Waals surface area contributed by atoms with Gasteiger partial charge < -0.3 is 15.8 Å². The van der Waals surface area contributed by atoms with E-state index in [0.29, 0.717) is 22.2 Å². The van der Waals surface area contributed by atoms with Crippen molar-refractivity contribution >= 4 is 28.1 Å². The van der Waals surface area contributed by atoms with E-state index in [0.717, 1.165) is 54.5 Å². The molecular weight excluding hydrogens is 438 g/mol. The lowest BCUT2D eigenvalue weighted by Crippen LogP contribution is -2.35. The van der Waals surface area contributed by atoms with Crippen LogP contribution < -0.4 is 11.1 Å².